The lowest BCUT2D eigenvalue weighted by molar-refractivity contribution is -0.575. The van der Waals surface area contributed by atoms with Gasteiger partial charge >= 0.3 is 0 Å². The molecule has 1 spiro atoms. The average Bonchev–Trinajstić information content (AvgIpc) is 2.92. The molecule has 5 aliphatic rings. The van der Waals surface area contributed by atoms with Gasteiger partial charge in [0.25, 0.3) is 0 Å². The minimum atomic E-state index is -0.753. The minimum Gasteiger partial charge on any atom is -0.465 e. The molecule has 4 heterocycles. The molecule has 0 N–H and O–H groups in total. The molecule has 4 saturated heterocycles. The molecule has 2 bridgehead atoms. The summed E-state index contributed by atoms with van der Waals surface area (Å²) >= 11 is 0. The maximum Gasteiger partial charge on any atom is 0.205 e. The van der Waals surface area contributed by atoms with Crippen LogP contribution in [0.15, 0.2) is 24.3 Å². The number of ether oxygens (including phenoxy) is 3. The summed E-state index contributed by atoms with van der Waals surface area (Å²) in [6.07, 6.45) is 3.30. The highest BCUT2D eigenvalue weighted by Gasteiger charge is 2.69. The molecular formula is C25H36O5. The van der Waals surface area contributed by atoms with Crippen molar-refractivity contribution < 1.29 is 24.0 Å². The highest BCUT2D eigenvalue weighted by atomic mass is 17.3. The SMILES string of the molecule is C[C@H]1C(Oc2ccc(C(C)(C)C)cc2)O[C@@H]2O[C@@]3(C)CCC4[C@H](C)CCC1[C@]42OO3. The van der Waals surface area contributed by atoms with Crippen molar-refractivity contribution in [3.8, 4) is 5.75 Å². The largest absolute Gasteiger partial charge is 0.465 e. The van der Waals surface area contributed by atoms with Gasteiger partial charge in [-0.1, -0.05) is 46.8 Å². The molecule has 1 aromatic rings. The molecule has 0 aromatic heterocycles. The first-order chi connectivity index (χ1) is 14.1. The minimum absolute atomic E-state index is 0.119. The van der Waals surface area contributed by atoms with Crippen molar-refractivity contribution in [2.24, 2.45) is 23.7 Å². The fourth-order valence-electron chi connectivity index (χ4n) is 6.17. The van der Waals surface area contributed by atoms with Gasteiger partial charge in [-0.15, -0.1) is 0 Å². The number of benzene rings is 1. The molecule has 5 nitrogen and oxygen atoms in total. The molecule has 6 rings (SSSR count). The van der Waals surface area contributed by atoms with Crippen LogP contribution in [0.4, 0.5) is 0 Å². The highest BCUT2D eigenvalue weighted by Crippen LogP contribution is 2.60. The van der Waals surface area contributed by atoms with Crippen LogP contribution in [0, 0.1) is 23.7 Å². The summed E-state index contributed by atoms with van der Waals surface area (Å²) < 4.78 is 19.3. The molecule has 5 heteroatoms. The Morgan fingerprint density at radius 1 is 0.967 bits per heavy atom. The first kappa shape index (κ1) is 20.7. The molecular weight excluding hydrogens is 380 g/mol. The van der Waals surface area contributed by atoms with E-state index in [1.165, 1.54) is 12.0 Å². The van der Waals surface area contributed by atoms with Gasteiger partial charge < -0.3 is 14.2 Å². The van der Waals surface area contributed by atoms with Crippen LogP contribution in [0.2, 0.25) is 0 Å². The average molecular weight is 417 g/mol. The fourth-order valence-corrected chi connectivity index (χ4v) is 6.17. The van der Waals surface area contributed by atoms with Gasteiger partial charge in [-0.25, -0.2) is 9.78 Å². The third kappa shape index (κ3) is 3.12. The summed E-state index contributed by atoms with van der Waals surface area (Å²) in [7, 11) is 0. The van der Waals surface area contributed by atoms with Crippen LogP contribution in [0.5, 0.6) is 5.75 Å². The van der Waals surface area contributed by atoms with E-state index in [1.54, 1.807) is 0 Å². The van der Waals surface area contributed by atoms with Gasteiger partial charge in [0.1, 0.15) is 5.75 Å². The predicted molar refractivity (Wildman–Crippen MR) is 113 cm³/mol. The van der Waals surface area contributed by atoms with Crippen LogP contribution in [0.1, 0.15) is 72.8 Å². The molecule has 1 aromatic carbocycles. The summed E-state index contributed by atoms with van der Waals surface area (Å²) in [6.45, 7) is 13.2. The van der Waals surface area contributed by atoms with Crippen LogP contribution < -0.4 is 4.74 Å². The van der Waals surface area contributed by atoms with E-state index in [0.29, 0.717) is 11.8 Å². The molecule has 0 amide bonds. The third-order valence-electron chi connectivity index (χ3n) is 8.07. The van der Waals surface area contributed by atoms with Gasteiger partial charge in [-0.3, -0.25) is 0 Å². The second-order valence-corrected chi connectivity index (χ2v) is 11.2. The van der Waals surface area contributed by atoms with E-state index in [2.05, 4.69) is 46.8 Å². The summed E-state index contributed by atoms with van der Waals surface area (Å²) in [5.41, 5.74) is 0.870. The first-order valence-electron chi connectivity index (χ1n) is 11.6. The van der Waals surface area contributed by atoms with E-state index < -0.39 is 17.7 Å². The van der Waals surface area contributed by atoms with Gasteiger partial charge in [-0.2, -0.15) is 0 Å². The maximum atomic E-state index is 6.51. The molecule has 30 heavy (non-hydrogen) atoms. The molecule has 166 valence electrons. The van der Waals surface area contributed by atoms with Crippen LogP contribution in [-0.2, 0) is 24.7 Å². The fraction of sp³-hybridized carbons (Fsp3) is 0.760. The monoisotopic (exact) mass is 416 g/mol. The smallest absolute Gasteiger partial charge is 0.205 e. The lowest BCUT2D eigenvalue weighted by Gasteiger charge is -2.60. The van der Waals surface area contributed by atoms with Gasteiger partial charge in [-0.05, 0) is 61.1 Å². The number of hydrogen-bond donors (Lipinski definition) is 0. The molecule has 1 saturated carbocycles. The quantitative estimate of drug-likeness (QED) is 0.590. The van der Waals surface area contributed by atoms with Crippen molar-refractivity contribution in [2.45, 2.75) is 96.6 Å². The molecule has 3 unspecified atom stereocenters. The van der Waals surface area contributed by atoms with E-state index in [4.69, 9.17) is 24.0 Å². The Labute approximate surface area is 180 Å². The van der Waals surface area contributed by atoms with E-state index in [1.807, 2.05) is 19.1 Å². The summed E-state index contributed by atoms with van der Waals surface area (Å²) in [6, 6.07) is 8.39. The van der Waals surface area contributed by atoms with E-state index in [9.17, 15) is 0 Å². The Morgan fingerprint density at radius 2 is 1.70 bits per heavy atom. The van der Waals surface area contributed by atoms with Crippen LogP contribution >= 0.6 is 0 Å². The van der Waals surface area contributed by atoms with Crippen molar-refractivity contribution in [1.29, 1.82) is 0 Å². The summed E-state index contributed by atoms with van der Waals surface area (Å²) in [5.74, 6) is 1.47. The Kier molecular flexibility index (Phi) is 4.79. The highest BCUT2D eigenvalue weighted by molar-refractivity contribution is 5.31. The van der Waals surface area contributed by atoms with Crippen LogP contribution in [-0.4, -0.2) is 24.0 Å². The number of hydrogen-bond acceptors (Lipinski definition) is 5. The Bertz CT molecular complexity index is 786. The molecule has 5 fully saturated rings. The molecule has 8 atom stereocenters. The zero-order valence-electron chi connectivity index (χ0n) is 19.1. The van der Waals surface area contributed by atoms with Crippen molar-refractivity contribution in [3.63, 3.8) is 0 Å². The second-order valence-electron chi connectivity index (χ2n) is 11.2. The summed E-state index contributed by atoms with van der Waals surface area (Å²) in [4.78, 5) is 12.1. The van der Waals surface area contributed by atoms with Crippen LogP contribution in [0.25, 0.3) is 0 Å². The van der Waals surface area contributed by atoms with Crippen molar-refractivity contribution in [1.82, 2.24) is 0 Å². The maximum absolute atomic E-state index is 6.51. The van der Waals surface area contributed by atoms with Crippen molar-refractivity contribution in [3.05, 3.63) is 29.8 Å². The lowest BCUT2D eigenvalue weighted by Crippen LogP contribution is -2.70. The zero-order valence-corrected chi connectivity index (χ0v) is 19.1. The Balaban J connectivity index is 1.43. The van der Waals surface area contributed by atoms with Crippen molar-refractivity contribution in [2.75, 3.05) is 0 Å². The normalized spacial score (nSPS) is 45.5. The lowest BCUT2D eigenvalue weighted by atomic mass is 9.58. The second kappa shape index (κ2) is 6.93. The first-order valence-corrected chi connectivity index (χ1v) is 11.6. The van der Waals surface area contributed by atoms with Gasteiger partial charge in [0.2, 0.25) is 12.1 Å². The zero-order chi connectivity index (χ0) is 21.3. The third-order valence-corrected chi connectivity index (χ3v) is 8.07. The molecule has 4 aliphatic heterocycles. The standard InChI is InChI=1S/C25H36O5/c1-15-7-12-20-16(2)21(26-18-10-8-17(9-11-18)23(3,4)5)27-22-25(20)19(15)13-14-24(6,28-22)29-30-25/h8-11,15-16,19-22H,7,12-14H2,1-6H3/t15-,16-,19?,20?,21?,22-,24-,25-/m1/s1. The molecule has 1 aliphatic carbocycles. The number of rotatable bonds is 2. The van der Waals surface area contributed by atoms with E-state index in [-0.39, 0.29) is 23.5 Å². The predicted octanol–water partition coefficient (Wildman–Crippen LogP) is 5.57. The topological polar surface area (TPSA) is 46.2 Å². The van der Waals surface area contributed by atoms with Gasteiger partial charge in [0.05, 0.1) is 0 Å². The van der Waals surface area contributed by atoms with Gasteiger partial charge in [0.15, 0.2) is 11.9 Å². The van der Waals surface area contributed by atoms with Gasteiger partial charge in [0, 0.05) is 18.3 Å². The number of fused-ring (bicyclic) bond motifs is 2. The van der Waals surface area contributed by atoms with Crippen molar-refractivity contribution >= 4 is 0 Å². The Morgan fingerprint density at radius 3 is 2.40 bits per heavy atom. The molecule has 0 radical (unpaired) electrons. The Hall–Kier alpha value is -1.14. The van der Waals surface area contributed by atoms with E-state index in [0.717, 1.165) is 25.0 Å². The van der Waals surface area contributed by atoms with Crippen LogP contribution in [0.3, 0.4) is 0 Å². The summed E-state index contributed by atoms with van der Waals surface area (Å²) in [5, 5.41) is 0. The van der Waals surface area contributed by atoms with E-state index >= 15 is 0 Å².